The molecule has 1 aliphatic carbocycles. The molecule has 5 rings (SSSR count). The molecule has 0 radical (unpaired) electrons. The van der Waals surface area contributed by atoms with Gasteiger partial charge in [-0.15, -0.1) is 0 Å². The summed E-state index contributed by atoms with van der Waals surface area (Å²) in [6, 6.07) is 25.7. The van der Waals surface area contributed by atoms with Crippen LogP contribution in [-0.4, -0.2) is 48.7 Å². The van der Waals surface area contributed by atoms with Crippen molar-refractivity contribution < 1.29 is 19.1 Å². The summed E-state index contributed by atoms with van der Waals surface area (Å²) in [5.74, 6) is -0.296. The summed E-state index contributed by atoms with van der Waals surface area (Å²) in [5.41, 5.74) is 4.73. The number of rotatable bonds is 6. The highest BCUT2D eigenvalue weighted by molar-refractivity contribution is 7.97. The van der Waals surface area contributed by atoms with Crippen molar-refractivity contribution in [3.8, 4) is 11.1 Å². The number of carbonyl (C=O) groups is 2. The Balaban J connectivity index is 1.22. The molecular formula is C27H26N2O4S. The molecule has 0 unspecified atom stereocenters. The molecule has 3 aromatic carbocycles. The van der Waals surface area contributed by atoms with Crippen LogP contribution in [0.4, 0.5) is 4.79 Å². The van der Waals surface area contributed by atoms with Crippen LogP contribution in [0.15, 0.2) is 83.8 Å². The first-order valence-corrected chi connectivity index (χ1v) is 12.1. The minimum atomic E-state index is -0.470. The predicted octanol–water partition coefficient (Wildman–Crippen LogP) is 4.85. The fraction of sp³-hybridized carbons (Fsp3) is 0.259. The number of fused-ring (bicyclic) bond motifs is 3. The lowest BCUT2D eigenvalue weighted by molar-refractivity contribution is -0.144. The summed E-state index contributed by atoms with van der Waals surface area (Å²) < 4.78 is 12.7. The number of hydrogen-bond donors (Lipinski definition) is 1. The molecule has 174 valence electrons. The number of amides is 1. The lowest BCUT2D eigenvalue weighted by atomic mass is 9.98. The van der Waals surface area contributed by atoms with Crippen LogP contribution in [0.3, 0.4) is 0 Å². The molecule has 7 heteroatoms. The van der Waals surface area contributed by atoms with Gasteiger partial charge in [-0.1, -0.05) is 66.7 Å². The highest BCUT2D eigenvalue weighted by atomic mass is 32.2. The number of ether oxygens (including phenoxy) is 2. The van der Waals surface area contributed by atoms with Crippen molar-refractivity contribution in [2.24, 2.45) is 0 Å². The smallest absolute Gasteiger partial charge is 0.407 e. The van der Waals surface area contributed by atoms with Crippen LogP contribution in [0, 0.1) is 0 Å². The first kappa shape index (κ1) is 22.5. The molecule has 3 aromatic rings. The first-order chi connectivity index (χ1) is 16.6. The molecule has 34 heavy (non-hydrogen) atoms. The number of methoxy groups -OCH3 is 1. The van der Waals surface area contributed by atoms with Crippen LogP contribution in [0.25, 0.3) is 11.1 Å². The number of nitrogens with one attached hydrogen (secondary N) is 1. The number of carbonyl (C=O) groups excluding carboxylic acids is 2. The molecule has 0 aromatic heterocycles. The van der Waals surface area contributed by atoms with Gasteiger partial charge in [0.05, 0.1) is 7.11 Å². The molecular weight excluding hydrogens is 448 g/mol. The highest BCUT2D eigenvalue weighted by Crippen LogP contribution is 2.44. The Morgan fingerprint density at radius 3 is 2.21 bits per heavy atom. The third-order valence-electron chi connectivity index (χ3n) is 6.36. The van der Waals surface area contributed by atoms with Gasteiger partial charge >= 0.3 is 12.1 Å². The SMILES string of the molecule is COC(=O)[C@@H]1C[C@@H](NC(=O)OCC2c3ccccc3-c3ccccc32)CN1Sc1ccccc1. The first-order valence-electron chi connectivity index (χ1n) is 11.3. The van der Waals surface area contributed by atoms with Crippen molar-refractivity contribution in [1.29, 1.82) is 0 Å². The van der Waals surface area contributed by atoms with Crippen LogP contribution in [0.1, 0.15) is 23.5 Å². The quantitative estimate of drug-likeness (QED) is 0.407. The fourth-order valence-corrected chi connectivity index (χ4v) is 5.89. The fourth-order valence-electron chi connectivity index (χ4n) is 4.78. The van der Waals surface area contributed by atoms with Gasteiger partial charge in [-0.25, -0.2) is 9.10 Å². The van der Waals surface area contributed by atoms with E-state index in [-0.39, 0.29) is 24.5 Å². The number of esters is 1. The molecule has 1 amide bonds. The van der Waals surface area contributed by atoms with E-state index >= 15 is 0 Å². The second-order valence-corrected chi connectivity index (χ2v) is 9.57. The van der Waals surface area contributed by atoms with Crippen molar-refractivity contribution in [1.82, 2.24) is 9.62 Å². The van der Waals surface area contributed by atoms with E-state index in [1.807, 2.05) is 58.9 Å². The van der Waals surface area contributed by atoms with Crippen LogP contribution in [0.2, 0.25) is 0 Å². The van der Waals surface area contributed by atoms with Crippen molar-refractivity contribution in [2.45, 2.75) is 29.3 Å². The van der Waals surface area contributed by atoms with Gasteiger partial charge < -0.3 is 14.8 Å². The van der Waals surface area contributed by atoms with E-state index in [0.717, 1.165) is 4.90 Å². The largest absolute Gasteiger partial charge is 0.468 e. The topological polar surface area (TPSA) is 67.9 Å². The Morgan fingerprint density at radius 1 is 0.941 bits per heavy atom. The van der Waals surface area contributed by atoms with Crippen molar-refractivity contribution >= 4 is 24.0 Å². The maximum atomic E-state index is 12.7. The van der Waals surface area contributed by atoms with Crippen LogP contribution in [0.5, 0.6) is 0 Å². The van der Waals surface area contributed by atoms with E-state index in [9.17, 15) is 9.59 Å². The van der Waals surface area contributed by atoms with E-state index in [1.165, 1.54) is 41.3 Å². The third kappa shape index (κ3) is 4.54. The predicted molar refractivity (Wildman–Crippen MR) is 131 cm³/mol. The molecule has 0 spiro atoms. The van der Waals surface area contributed by atoms with Crippen molar-refractivity contribution in [3.63, 3.8) is 0 Å². The van der Waals surface area contributed by atoms with Gasteiger partial charge in [-0.3, -0.25) is 4.79 Å². The maximum absolute atomic E-state index is 12.7. The maximum Gasteiger partial charge on any atom is 0.407 e. The summed E-state index contributed by atoms with van der Waals surface area (Å²) >= 11 is 1.49. The lowest BCUT2D eigenvalue weighted by Crippen LogP contribution is -2.37. The molecule has 1 aliphatic heterocycles. The number of alkyl carbamates (subject to hydrolysis) is 1. The van der Waals surface area contributed by atoms with Gasteiger partial charge in [0.2, 0.25) is 0 Å². The average Bonchev–Trinajstić information content (AvgIpc) is 3.41. The van der Waals surface area contributed by atoms with Gasteiger partial charge in [0, 0.05) is 23.4 Å². The zero-order valence-electron chi connectivity index (χ0n) is 18.8. The Labute approximate surface area is 203 Å². The van der Waals surface area contributed by atoms with Crippen molar-refractivity contribution in [2.75, 3.05) is 20.3 Å². The van der Waals surface area contributed by atoms with E-state index in [0.29, 0.717) is 13.0 Å². The van der Waals surface area contributed by atoms with Gasteiger partial charge in [-0.2, -0.15) is 0 Å². The van der Waals surface area contributed by atoms with Gasteiger partial charge in [0.25, 0.3) is 0 Å². The summed E-state index contributed by atoms with van der Waals surface area (Å²) in [7, 11) is 1.39. The number of hydrogen-bond acceptors (Lipinski definition) is 6. The number of benzene rings is 3. The lowest BCUT2D eigenvalue weighted by Gasteiger charge is -2.20. The molecule has 1 fully saturated rings. The van der Waals surface area contributed by atoms with E-state index in [1.54, 1.807) is 0 Å². The van der Waals surface area contributed by atoms with Gasteiger partial charge in [0.1, 0.15) is 12.6 Å². The Morgan fingerprint density at radius 2 is 1.56 bits per heavy atom. The van der Waals surface area contributed by atoms with Crippen LogP contribution >= 0.6 is 11.9 Å². The van der Waals surface area contributed by atoms with Gasteiger partial charge in [0.15, 0.2) is 0 Å². The van der Waals surface area contributed by atoms with Crippen molar-refractivity contribution in [3.05, 3.63) is 90.0 Å². The Bertz CT molecular complexity index is 1140. The highest BCUT2D eigenvalue weighted by Gasteiger charge is 2.39. The zero-order valence-corrected chi connectivity index (χ0v) is 19.7. The summed E-state index contributed by atoms with van der Waals surface area (Å²) in [5, 5.41) is 2.95. The summed E-state index contributed by atoms with van der Waals surface area (Å²) in [6.07, 6.45) is -0.00138. The minimum absolute atomic E-state index is 0.00896. The molecule has 1 heterocycles. The van der Waals surface area contributed by atoms with Crippen LogP contribution < -0.4 is 5.32 Å². The standard InChI is InChI=1S/C27H26N2O4S/c1-32-26(30)25-15-18(16-29(25)34-19-9-3-2-4-10-19)28-27(31)33-17-24-22-13-7-5-11-20(22)21-12-6-8-14-23(21)24/h2-14,18,24-25H,15-17H2,1H3,(H,28,31)/t18-,25+/m1/s1. The molecule has 0 saturated carbocycles. The normalized spacial score (nSPS) is 19.3. The average molecular weight is 475 g/mol. The van der Waals surface area contributed by atoms with E-state index in [2.05, 4.69) is 29.6 Å². The third-order valence-corrected chi connectivity index (χ3v) is 7.48. The van der Waals surface area contributed by atoms with E-state index < -0.39 is 12.1 Å². The monoisotopic (exact) mass is 474 g/mol. The summed E-state index contributed by atoms with van der Waals surface area (Å²) in [4.78, 5) is 26.1. The second kappa shape index (κ2) is 9.91. The second-order valence-electron chi connectivity index (χ2n) is 8.45. The number of nitrogens with zero attached hydrogens (tertiary/aromatic N) is 1. The Hall–Kier alpha value is -3.29. The zero-order chi connectivity index (χ0) is 23.5. The summed E-state index contributed by atoms with van der Waals surface area (Å²) in [6.45, 7) is 0.777. The molecule has 1 saturated heterocycles. The molecule has 2 atom stereocenters. The minimum Gasteiger partial charge on any atom is -0.468 e. The molecule has 6 nitrogen and oxygen atoms in total. The molecule has 0 bridgehead atoms. The molecule has 2 aliphatic rings. The van der Waals surface area contributed by atoms with Crippen LogP contribution in [-0.2, 0) is 14.3 Å². The molecule has 1 N–H and O–H groups in total. The van der Waals surface area contributed by atoms with E-state index in [4.69, 9.17) is 9.47 Å². The van der Waals surface area contributed by atoms with Gasteiger partial charge in [-0.05, 0) is 52.8 Å². The Kier molecular flexibility index (Phi) is 6.56.